The van der Waals surface area contributed by atoms with Gasteiger partial charge in [0.25, 0.3) is 0 Å². The Labute approximate surface area is 121 Å². The number of carbonyl (C=O) groups is 2. The van der Waals surface area contributed by atoms with Crippen LogP contribution in [0.25, 0.3) is 0 Å². The van der Waals surface area contributed by atoms with E-state index in [4.69, 9.17) is 0 Å². The van der Waals surface area contributed by atoms with Gasteiger partial charge in [-0.25, -0.2) is 14.6 Å². The first-order chi connectivity index (χ1) is 10.1. The minimum atomic E-state index is -0.948. The van der Waals surface area contributed by atoms with Gasteiger partial charge < -0.3 is 10.0 Å². The highest BCUT2D eigenvalue weighted by Gasteiger charge is 2.49. The maximum Gasteiger partial charge on any atom is 0.347 e. The maximum absolute atomic E-state index is 12.4. The summed E-state index contributed by atoms with van der Waals surface area (Å²) in [6.45, 7) is 0.325. The molecule has 2 heterocycles. The van der Waals surface area contributed by atoms with Crippen molar-refractivity contribution >= 4 is 11.9 Å². The molecule has 2 aliphatic rings. The molecule has 2 fully saturated rings. The molecule has 0 bridgehead atoms. The molecular formula is C14H17N3O4. The van der Waals surface area contributed by atoms with Crippen molar-refractivity contribution in [2.75, 3.05) is 6.54 Å². The second-order valence-corrected chi connectivity index (χ2v) is 5.71. The SMILES string of the molecule is O=C(O)C1C2CCCC2CN1C(=O)Cn1cccnc1=O. The van der Waals surface area contributed by atoms with E-state index in [1.54, 1.807) is 6.07 Å². The second-order valence-electron chi connectivity index (χ2n) is 5.71. The quantitative estimate of drug-likeness (QED) is 0.843. The molecule has 3 rings (SSSR count). The summed E-state index contributed by atoms with van der Waals surface area (Å²) in [7, 11) is 0. The highest BCUT2D eigenvalue weighted by Crippen LogP contribution is 2.42. The Morgan fingerprint density at radius 1 is 1.38 bits per heavy atom. The summed E-state index contributed by atoms with van der Waals surface area (Å²) < 4.78 is 1.20. The van der Waals surface area contributed by atoms with Crippen LogP contribution in [0.1, 0.15) is 19.3 Å². The summed E-state index contributed by atoms with van der Waals surface area (Å²) in [5.74, 6) is -0.944. The zero-order valence-corrected chi connectivity index (χ0v) is 11.5. The van der Waals surface area contributed by atoms with Crippen molar-refractivity contribution in [1.82, 2.24) is 14.5 Å². The number of likely N-dealkylation sites (tertiary alicyclic amines) is 1. The van der Waals surface area contributed by atoms with Crippen LogP contribution in [0.4, 0.5) is 0 Å². The Balaban J connectivity index is 1.79. The molecule has 3 unspecified atom stereocenters. The van der Waals surface area contributed by atoms with E-state index in [1.807, 2.05) is 0 Å². The molecule has 0 aromatic carbocycles. The van der Waals surface area contributed by atoms with Crippen molar-refractivity contribution in [2.24, 2.45) is 11.8 Å². The molecule has 1 aliphatic heterocycles. The highest BCUT2D eigenvalue weighted by molar-refractivity contribution is 5.84. The Morgan fingerprint density at radius 3 is 2.90 bits per heavy atom. The lowest BCUT2D eigenvalue weighted by atomic mass is 9.94. The van der Waals surface area contributed by atoms with Crippen LogP contribution in [0.2, 0.25) is 0 Å². The first-order valence-electron chi connectivity index (χ1n) is 7.11. The number of hydrogen-bond donors (Lipinski definition) is 1. The predicted octanol–water partition coefficient (Wildman–Crippen LogP) is -0.0450. The molecule has 0 spiro atoms. The molecule has 7 heteroatoms. The first-order valence-corrected chi connectivity index (χ1v) is 7.11. The number of hydrogen-bond acceptors (Lipinski definition) is 4. The molecule has 112 valence electrons. The van der Waals surface area contributed by atoms with Gasteiger partial charge in [0, 0.05) is 18.9 Å². The number of nitrogens with zero attached hydrogens (tertiary/aromatic N) is 3. The second kappa shape index (κ2) is 5.31. The van der Waals surface area contributed by atoms with E-state index < -0.39 is 17.7 Å². The van der Waals surface area contributed by atoms with Gasteiger partial charge in [-0.05, 0) is 30.7 Å². The van der Waals surface area contributed by atoms with Gasteiger partial charge in [-0.15, -0.1) is 0 Å². The smallest absolute Gasteiger partial charge is 0.347 e. The van der Waals surface area contributed by atoms with Gasteiger partial charge in [-0.3, -0.25) is 9.36 Å². The van der Waals surface area contributed by atoms with Crippen LogP contribution in [0, 0.1) is 11.8 Å². The number of amides is 1. The molecule has 1 aromatic heterocycles. The van der Waals surface area contributed by atoms with E-state index >= 15 is 0 Å². The Kier molecular flexibility index (Phi) is 3.48. The normalized spacial score (nSPS) is 27.6. The van der Waals surface area contributed by atoms with Crippen LogP contribution in [0.15, 0.2) is 23.3 Å². The Bertz CT molecular complexity index is 627. The number of rotatable bonds is 3. The van der Waals surface area contributed by atoms with Gasteiger partial charge >= 0.3 is 11.7 Å². The van der Waals surface area contributed by atoms with Crippen molar-refractivity contribution < 1.29 is 14.7 Å². The van der Waals surface area contributed by atoms with Crippen LogP contribution in [-0.2, 0) is 16.1 Å². The van der Waals surface area contributed by atoms with Gasteiger partial charge in [-0.1, -0.05) is 6.42 Å². The molecule has 1 saturated heterocycles. The third-order valence-corrected chi connectivity index (χ3v) is 4.55. The summed E-state index contributed by atoms with van der Waals surface area (Å²) in [5, 5.41) is 9.43. The minimum absolute atomic E-state index is 0.0528. The van der Waals surface area contributed by atoms with Crippen LogP contribution in [0.5, 0.6) is 0 Å². The molecule has 1 aromatic rings. The number of fused-ring (bicyclic) bond motifs is 1. The number of aromatic nitrogens is 2. The third kappa shape index (κ3) is 2.43. The van der Waals surface area contributed by atoms with Crippen molar-refractivity contribution in [3.05, 3.63) is 28.9 Å². The van der Waals surface area contributed by atoms with Crippen molar-refractivity contribution in [3.63, 3.8) is 0 Å². The molecule has 1 N–H and O–H groups in total. The van der Waals surface area contributed by atoms with E-state index in [-0.39, 0.29) is 24.3 Å². The molecule has 7 nitrogen and oxygen atoms in total. The fourth-order valence-corrected chi connectivity index (χ4v) is 3.62. The lowest BCUT2D eigenvalue weighted by Gasteiger charge is -2.24. The maximum atomic E-state index is 12.4. The number of carbonyl (C=O) groups excluding carboxylic acids is 1. The number of carboxylic acids is 1. The van der Waals surface area contributed by atoms with Gasteiger partial charge in [0.1, 0.15) is 12.6 Å². The average molecular weight is 291 g/mol. The van der Waals surface area contributed by atoms with Gasteiger partial charge in [0.05, 0.1) is 0 Å². The van der Waals surface area contributed by atoms with Crippen LogP contribution in [0.3, 0.4) is 0 Å². The topological polar surface area (TPSA) is 92.5 Å². The molecule has 1 aliphatic carbocycles. The zero-order valence-electron chi connectivity index (χ0n) is 11.5. The monoisotopic (exact) mass is 291 g/mol. The fraction of sp³-hybridized carbons (Fsp3) is 0.571. The standard InChI is InChI=1S/C14H17N3O4/c18-11(8-16-6-2-5-15-14(16)21)17-7-9-3-1-4-10(9)12(17)13(19)20/h2,5-6,9-10,12H,1,3-4,7-8H2,(H,19,20). The summed E-state index contributed by atoms with van der Waals surface area (Å²) in [6.07, 6.45) is 5.72. The molecule has 1 amide bonds. The van der Waals surface area contributed by atoms with E-state index in [2.05, 4.69) is 4.98 Å². The summed E-state index contributed by atoms with van der Waals surface area (Å²) in [4.78, 5) is 40.5. The molecule has 0 radical (unpaired) electrons. The minimum Gasteiger partial charge on any atom is -0.480 e. The van der Waals surface area contributed by atoms with Crippen LogP contribution < -0.4 is 5.69 Å². The van der Waals surface area contributed by atoms with Crippen LogP contribution >= 0.6 is 0 Å². The predicted molar refractivity (Wildman–Crippen MR) is 72.5 cm³/mol. The fourth-order valence-electron chi connectivity index (χ4n) is 3.62. The van der Waals surface area contributed by atoms with E-state index in [1.165, 1.54) is 21.9 Å². The van der Waals surface area contributed by atoms with Gasteiger partial charge in [-0.2, -0.15) is 0 Å². The molecule has 3 atom stereocenters. The summed E-state index contributed by atoms with van der Waals surface area (Å²) >= 11 is 0. The van der Waals surface area contributed by atoms with Crippen molar-refractivity contribution in [2.45, 2.75) is 31.8 Å². The van der Waals surface area contributed by atoms with E-state index in [0.29, 0.717) is 6.54 Å². The van der Waals surface area contributed by atoms with E-state index in [9.17, 15) is 19.5 Å². The highest BCUT2D eigenvalue weighted by atomic mass is 16.4. The lowest BCUT2D eigenvalue weighted by molar-refractivity contribution is -0.149. The average Bonchev–Trinajstić information content (AvgIpc) is 3.00. The molecular weight excluding hydrogens is 274 g/mol. The first kappa shape index (κ1) is 13.8. The zero-order chi connectivity index (χ0) is 15.0. The lowest BCUT2D eigenvalue weighted by Crippen LogP contribution is -2.45. The van der Waals surface area contributed by atoms with Gasteiger partial charge in [0.15, 0.2) is 0 Å². The van der Waals surface area contributed by atoms with Crippen molar-refractivity contribution in [1.29, 1.82) is 0 Å². The Morgan fingerprint density at radius 2 is 2.19 bits per heavy atom. The Hall–Kier alpha value is -2.18. The third-order valence-electron chi connectivity index (χ3n) is 4.55. The summed E-state index contributed by atoms with van der Waals surface area (Å²) in [5.41, 5.74) is -0.503. The summed E-state index contributed by atoms with van der Waals surface area (Å²) in [6, 6.07) is 0.819. The number of carboxylic acid groups (broad SMARTS) is 1. The van der Waals surface area contributed by atoms with Crippen molar-refractivity contribution in [3.8, 4) is 0 Å². The largest absolute Gasteiger partial charge is 0.480 e. The van der Waals surface area contributed by atoms with E-state index in [0.717, 1.165) is 19.3 Å². The number of aliphatic carboxylic acids is 1. The molecule has 1 saturated carbocycles. The van der Waals surface area contributed by atoms with Gasteiger partial charge in [0.2, 0.25) is 5.91 Å². The van der Waals surface area contributed by atoms with Crippen LogP contribution in [-0.4, -0.2) is 44.0 Å². The molecule has 21 heavy (non-hydrogen) atoms.